The molecule has 2 atom stereocenters. The van der Waals surface area contributed by atoms with Gasteiger partial charge in [-0.3, -0.25) is 4.90 Å². The van der Waals surface area contributed by atoms with Gasteiger partial charge < -0.3 is 10.1 Å². The molecule has 3 nitrogen and oxygen atoms in total. The van der Waals surface area contributed by atoms with Crippen LogP contribution in [0.1, 0.15) is 32.4 Å². The molecule has 1 saturated heterocycles. The van der Waals surface area contributed by atoms with Gasteiger partial charge in [0, 0.05) is 31.7 Å². The van der Waals surface area contributed by atoms with Gasteiger partial charge in [0.15, 0.2) is 0 Å². The maximum absolute atomic E-state index is 5.66. The molecular formula is C16H26N2O. The first kappa shape index (κ1) is 14.5. The highest BCUT2D eigenvalue weighted by Crippen LogP contribution is 2.22. The number of ether oxygens (including phenoxy) is 1. The molecule has 1 fully saturated rings. The monoisotopic (exact) mass is 262 g/mol. The molecule has 0 amide bonds. The Labute approximate surface area is 116 Å². The van der Waals surface area contributed by atoms with Gasteiger partial charge in [-0.05, 0) is 12.5 Å². The summed E-state index contributed by atoms with van der Waals surface area (Å²) in [5.41, 5.74) is 1.39. The largest absolute Gasteiger partial charge is 0.376 e. The Morgan fingerprint density at radius 2 is 2.05 bits per heavy atom. The molecule has 1 aromatic carbocycles. The quantitative estimate of drug-likeness (QED) is 0.882. The van der Waals surface area contributed by atoms with Crippen LogP contribution in [0.2, 0.25) is 0 Å². The van der Waals surface area contributed by atoms with Crippen LogP contribution in [0.25, 0.3) is 0 Å². The van der Waals surface area contributed by atoms with Crippen molar-refractivity contribution in [3.8, 4) is 0 Å². The summed E-state index contributed by atoms with van der Waals surface area (Å²) in [5, 5.41) is 3.57. The molecule has 3 heteroatoms. The summed E-state index contributed by atoms with van der Waals surface area (Å²) in [4.78, 5) is 2.54. The van der Waals surface area contributed by atoms with E-state index < -0.39 is 0 Å². The van der Waals surface area contributed by atoms with Gasteiger partial charge in [0.2, 0.25) is 0 Å². The summed E-state index contributed by atoms with van der Waals surface area (Å²) in [6, 6.07) is 11.8. The van der Waals surface area contributed by atoms with E-state index in [0.717, 1.165) is 26.2 Å². The minimum Gasteiger partial charge on any atom is -0.376 e. The van der Waals surface area contributed by atoms with Crippen LogP contribution < -0.4 is 5.32 Å². The predicted octanol–water partition coefficient (Wildman–Crippen LogP) is 2.45. The van der Waals surface area contributed by atoms with Crippen LogP contribution in [-0.4, -0.2) is 43.3 Å². The SMILES string of the molecule is CC(C)NCC(c1ccccc1)N1CCOC(C)C1. The average Bonchev–Trinajstić information content (AvgIpc) is 2.40. The van der Waals surface area contributed by atoms with E-state index in [-0.39, 0.29) is 0 Å². The van der Waals surface area contributed by atoms with Gasteiger partial charge in [-0.25, -0.2) is 0 Å². The highest BCUT2D eigenvalue weighted by Gasteiger charge is 2.25. The van der Waals surface area contributed by atoms with E-state index in [1.165, 1.54) is 5.56 Å². The number of rotatable bonds is 5. The molecule has 0 aromatic heterocycles. The average molecular weight is 262 g/mol. The number of nitrogens with one attached hydrogen (secondary N) is 1. The van der Waals surface area contributed by atoms with Crippen molar-refractivity contribution in [2.75, 3.05) is 26.2 Å². The lowest BCUT2D eigenvalue weighted by Crippen LogP contribution is -2.46. The maximum atomic E-state index is 5.66. The molecule has 1 N–H and O–H groups in total. The lowest BCUT2D eigenvalue weighted by molar-refractivity contribution is -0.0346. The Bertz CT molecular complexity index is 366. The van der Waals surface area contributed by atoms with Crippen molar-refractivity contribution in [1.82, 2.24) is 10.2 Å². The molecule has 0 radical (unpaired) electrons. The van der Waals surface area contributed by atoms with Gasteiger partial charge in [-0.2, -0.15) is 0 Å². The molecule has 2 rings (SSSR count). The van der Waals surface area contributed by atoms with E-state index in [4.69, 9.17) is 4.74 Å². The number of hydrogen-bond acceptors (Lipinski definition) is 3. The first-order valence-electron chi connectivity index (χ1n) is 7.31. The van der Waals surface area contributed by atoms with E-state index >= 15 is 0 Å². The van der Waals surface area contributed by atoms with E-state index in [0.29, 0.717) is 18.2 Å². The van der Waals surface area contributed by atoms with Crippen molar-refractivity contribution in [2.45, 2.75) is 39.0 Å². The van der Waals surface area contributed by atoms with Crippen LogP contribution in [0.3, 0.4) is 0 Å². The lowest BCUT2D eigenvalue weighted by atomic mass is 10.0. The normalized spacial score (nSPS) is 22.6. The molecule has 0 spiro atoms. The number of hydrogen-bond donors (Lipinski definition) is 1. The summed E-state index contributed by atoms with van der Waals surface area (Å²) in [6.07, 6.45) is 0.332. The number of morpholine rings is 1. The van der Waals surface area contributed by atoms with Crippen molar-refractivity contribution in [2.24, 2.45) is 0 Å². The van der Waals surface area contributed by atoms with Crippen LogP contribution in [0.4, 0.5) is 0 Å². The fourth-order valence-corrected chi connectivity index (χ4v) is 2.61. The molecular weight excluding hydrogens is 236 g/mol. The van der Waals surface area contributed by atoms with Crippen LogP contribution >= 0.6 is 0 Å². The molecule has 0 saturated carbocycles. The van der Waals surface area contributed by atoms with Crippen LogP contribution in [0, 0.1) is 0 Å². The zero-order chi connectivity index (χ0) is 13.7. The van der Waals surface area contributed by atoms with Crippen molar-refractivity contribution in [1.29, 1.82) is 0 Å². The van der Waals surface area contributed by atoms with E-state index in [1.807, 2.05) is 0 Å². The molecule has 106 valence electrons. The van der Waals surface area contributed by atoms with Crippen LogP contribution in [0.15, 0.2) is 30.3 Å². The third kappa shape index (κ3) is 4.30. The van der Waals surface area contributed by atoms with E-state index in [1.54, 1.807) is 0 Å². The predicted molar refractivity (Wildman–Crippen MR) is 79.3 cm³/mol. The van der Waals surface area contributed by atoms with Crippen molar-refractivity contribution >= 4 is 0 Å². The lowest BCUT2D eigenvalue weighted by Gasteiger charge is -2.38. The minimum atomic E-state index is 0.332. The molecule has 2 unspecified atom stereocenters. The molecule has 1 aliphatic heterocycles. The second-order valence-corrected chi connectivity index (χ2v) is 5.67. The summed E-state index contributed by atoms with van der Waals surface area (Å²) in [5.74, 6) is 0. The first-order chi connectivity index (χ1) is 9.16. The summed E-state index contributed by atoms with van der Waals surface area (Å²) in [7, 11) is 0. The van der Waals surface area contributed by atoms with Gasteiger partial charge in [0.05, 0.1) is 12.7 Å². The Kier molecular flexibility index (Phi) is 5.37. The van der Waals surface area contributed by atoms with E-state index in [2.05, 4.69) is 61.3 Å². The number of nitrogens with zero attached hydrogens (tertiary/aromatic N) is 1. The molecule has 1 aromatic rings. The second kappa shape index (κ2) is 7.04. The third-order valence-electron chi connectivity index (χ3n) is 3.62. The first-order valence-corrected chi connectivity index (χ1v) is 7.31. The Hall–Kier alpha value is -0.900. The third-order valence-corrected chi connectivity index (χ3v) is 3.62. The van der Waals surface area contributed by atoms with Gasteiger partial charge in [-0.1, -0.05) is 44.2 Å². The highest BCUT2D eigenvalue weighted by molar-refractivity contribution is 5.19. The van der Waals surface area contributed by atoms with Gasteiger partial charge >= 0.3 is 0 Å². The molecule has 0 aliphatic carbocycles. The Balaban J connectivity index is 2.09. The van der Waals surface area contributed by atoms with Crippen molar-refractivity contribution in [3.63, 3.8) is 0 Å². The highest BCUT2D eigenvalue weighted by atomic mass is 16.5. The standard InChI is InChI=1S/C16H26N2O/c1-13(2)17-11-16(15-7-5-4-6-8-15)18-9-10-19-14(3)12-18/h4-8,13-14,16-17H,9-12H2,1-3H3. The summed E-state index contributed by atoms with van der Waals surface area (Å²) >= 11 is 0. The van der Waals surface area contributed by atoms with Crippen LogP contribution in [-0.2, 0) is 4.74 Å². The van der Waals surface area contributed by atoms with Gasteiger partial charge in [-0.15, -0.1) is 0 Å². The van der Waals surface area contributed by atoms with E-state index in [9.17, 15) is 0 Å². The second-order valence-electron chi connectivity index (χ2n) is 5.67. The summed E-state index contributed by atoms with van der Waals surface area (Å²) in [6.45, 7) is 10.4. The zero-order valence-electron chi connectivity index (χ0n) is 12.3. The molecule has 1 aliphatic rings. The fourth-order valence-electron chi connectivity index (χ4n) is 2.61. The summed E-state index contributed by atoms with van der Waals surface area (Å²) < 4.78 is 5.66. The van der Waals surface area contributed by atoms with Crippen molar-refractivity contribution in [3.05, 3.63) is 35.9 Å². The Morgan fingerprint density at radius 1 is 1.32 bits per heavy atom. The molecule has 19 heavy (non-hydrogen) atoms. The van der Waals surface area contributed by atoms with Gasteiger partial charge in [0.1, 0.15) is 0 Å². The molecule has 0 bridgehead atoms. The van der Waals surface area contributed by atoms with Gasteiger partial charge in [0.25, 0.3) is 0 Å². The maximum Gasteiger partial charge on any atom is 0.0674 e. The smallest absolute Gasteiger partial charge is 0.0674 e. The molecule has 1 heterocycles. The van der Waals surface area contributed by atoms with Crippen LogP contribution in [0.5, 0.6) is 0 Å². The number of benzene rings is 1. The minimum absolute atomic E-state index is 0.332. The van der Waals surface area contributed by atoms with Crippen molar-refractivity contribution < 1.29 is 4.74 Å². The fraction of sp³-hybridized carbons (Fsp3) is 0.625. The zero-order valence-corrected chi connectivity index (χ0v) is 12.3. The Morgan fingerprint density at radius 3 is 2.68 bits per heavy atom. The topological polar surface area (TPSA) is 24.5 Å².